The molecule has 0 saturated heterocycles. The van der Waals surface area contributed by atoms with E-state index < -0.39 is 14.5 Å². The van der Waals surface area contributed by atoms with Gasteiger partial charge in [0, 0.05) is 0 Å². The van der Waals surface area contributed by atoms with Gasteiger partial charge in [-0.1, -0.05) is 15.9 Å². The lowest BCUT2D eigenvalue weighted by Crippen LogP contribution is -2.36. The Morgan fingerprint density at radius 2 is 1.56 bits per heavy atom. The van der Waals surface area contributed by atoms with Crippen LogP contribution < -0.4 is 0 Å². The van der Waals surface area contributed by atoms with Crippen LogP contribution in [0.2, 0.25) is 0 Å². The highest BCUT2D eigenvalue weighted by atomic mass is 79.9. The third-order valence-electron chi connectivity index (χ3n) is 0.616. The maximum Gasteiger partial charge on any atom is 0.204 e. The molecule has 0 spiro atoms. The second kappa shape index (κ2) is 3.64. The molecule has 0 fully saturated rings. The zero-order valence-electron chi connectivity index (χ0n) is 4.13. The largest absolute Gasteiger partial charge is 0.385 e. The van der Waals surface area contributed by atoms with Crippen molar-refractivity contribution in [2.75, 3.05) is 0 Å². The van der Waals surface area contributed by atoms with Gasteiger partial charge in [-0.2, -0.15) is 0 Å². The minimum Gasteiger partial charge on any atom is -0.385 e. The molecule has 3 N–H and O–H groups in total. The lowest BCUT2D eigenvalue weighted by Gasteiger charge is -2.21. The molecule has 56 valence electrons. The molecule has 2 atom stereocenters. The van der Waals surface area contributed by atoms with E-state index in [-0.39, 0.29) is 0 Å². The Morgan fingerprint density at radius 3 is 1.56 bits per heavy atom. The SMILES string of the molecule is OC(Br)C(O)C(O)(Br)Br. The van der Waals surface area contributed by atoms with Gasteiger partial charge in [-0.05, 0) is 31.9 Å². The molecule has 0 heterocycles. The molecule has 0 amide bonds. The number of aliphatic hydroxyl groups excluding tert-OH is 2. The molecule has 0 aromatic rings. The Balaban J connectivity index is 3.88. The normalized spacial score (nSPS) is 19.3. The summed E-state index contributed by atoms with van der Waals surface area (Å²) >= 11 is 8.01. The molecule has 0 aliphatic rings. The van der Waals surface area contributed by atoms with Crippen molar-refractivity contribution in [1.82, 2.24) is 0 Å². The molecule has 0 radical (unpaired) electrons. The van der Waals surface area contributed by atoms with E-state index in [1.807, 2.05) is 0 Å². The van der Waals surface area contributed by atoms with Crippen LogP contribution in [0.15, 0.2) is 0 Å². The minimum absolute atomic E-state index is 1.17. The molecule has 0 rings (SSSR count). The topological polar surface area (TPSA) is 60.7 Å². The van der Waals surface area contributed by atoms with Crippen molar-refractivity contribution >= 4 is 47.8 Å². The number of halogens is 3. The van der Waals surface area contributed by atoms with Crippen LogP contribution in [-0.2, 0) is 0 Å². The van der Waals surface area contributed by atoms with Crippen molar-refractivity contribution in [3.8, 4) is 0 Å². The van der Waals surface area contributed by atoms with Crippen LogP contribution in [0.4, 0.5) is 0 Å². The number of alkyl halides is 3. The van der Waals surface area contributed by atoms with Gasteiger partial charge in [0.05, 0.1) is 0 Å². The zero-order valence-corrected chi connectivity index (χ0v) is 8.89. The fourth-order valence-electron chi connectivity index (χ4n) is 0.165. The summed E-state index contributed by atoms with van der Waals surface area (Å²) in [6.45, 7) is 0. The number of hydrogen-bond acceptors (Lipinski definition) is 3. The van der Waals surface area contributed by atoms with Gasteiger partial charge in [0.25, 0.3) is 0 Å². The first-order valence-electron chi connectivity index (χ1n) is 1.96. The maximum absolute atomic E-state index is 8.85. The Hall–Kier alpha value is 1.32. The van der Waals surface area contributed by atoms with Gasteiger partial charge in [-0.25, -0.2) is 0 Å². The lowest BCUT2D eigenvalue weighted by molar-refractivity contribution is 0.00671. The molecule has 2 unspecified atom stereocenters. The van der Waals surface area contributed by atoms with Gasteiger partial charge in [-0.3, -0.25) is 0 Å². The minimum atomic E-state index is -1.64. The molecular weight excluding hydrogens is 324 g/mol. The second-order valence-corrected chi connectivity index (χ2v) is 5.83. The monoisotopic (exact) mass is 326 g/mol. The van der Waals surface area contributed by atoms with Crippen LogP contribution in [0.3, 0.4) is 0 Å². The van der Waals surface area contributed by atoms with Crippen LogP contribution >= 0.6 is 47.8 Å². The van der Waals surface area contributed by atoms with Crippen LogP contribution in [0.1, 0.15) is 0 Å². The number of hydrogen-bond donors (Lipinski definition) is 3. The lowest BCUT2D eigenvalue weighted by atomic mass is 10.4. The molecule has 0 aliphatic heterocycles. The van der Waals surface area contributed by atoms with E-state index in [9.17, 15) is 0 Å². The Kier molecular flexibility index (Phi) is 4.17. The molecular formula is C3H5Br3O3. The molecule has 9 heavy (non-hydrogen) atoms. The Bertz CT molecular complexity index is 88.8. The first-order chi connectivity index (χ1) is 3.85. The summed E-state index contributed by atoms with van der Waals surface area (Å²) in [7, 11) is 0. The van der Waals surface area contributed by atoms with Crippen LogP contribution in [0.5, 0.6) is 0 Å². The molecule has 0 saturated carbocycles. The van der Waals surface area contributed by atoms with Gasteiger partial charge in [0.15, 0.2) is 0 Å². The first kappa shape index (κ1) is 10.3. The van der Waals surface area contributed by atoms with E-state index in [1.165, 1.54) is 0 Å². The number of aliphatic hydroxyl groups is 3. The highest BCUT2D eigenvalue weighted by Crippen LogP contribution is 2.29. The summed E-state index contributed by atoms with van der Waals surface area (Å²) in [6, 6.07) is 0. The Morgan fingerprint density at radius 1 is 1.22 bits per heavy atom. The summed E-state index contributed by atoms with van der Waals surface area (Å²) in [5, 5.41) is 25.1. The van der Waals surface area contributed by atoms with Crippen molar-refractivity contribution in [1.29, 1.82) is 0 Å². The standard InChI is InChI=1S/C3H5Br3O3/c4-2(8)1(7)3(5,6)9/h1-2,7-9H. The molecule has 3 nitrogen and oxygen atoms in total. The average Bonchev–Trinajstić information content (AvgIpc) is 1.62. The summed E-state index contributed by atoms with van der Waals surface area (Å²) in [6.07, 6.45) is -1.32. The zero-order chi connectivity index (χ0) is 7.65. The van der Waals surface area contributed by atoms with Gasteiger partial charge < -0.3 is 15.3 Å². The van der Waals surface area contributed by atoms with E-state index in [4.69, 9.17) is 15.3 Å². The molecule has 0 aromatic heterocycles. The fraction of sp³-hybridized carbons (Fsp3) is 1.00. The van der Waals surface area contributed by atoms with Crippen LogP contribution in [0, 0.1) is 0 Å². The highest BCUT2D eigenvalue weighted by molar-refractivity contribution is 9.25. The number of rotatable bonds is 2. The summed E-state index contributed by atoms with van der Waals surface area (Å²) < 4.78 is -1.64. The summed E-state index contributed by atoms with van der Waals surface area (Å²) in [4.78, 5) is 0. The fourth-order valence-corrected chi connectivity index (χ4v) is 1.76. The second-order valence-electron chi connectivity index (χ2n) is 1.41. The van der Waals surface area contributed by atoms with Gasteiger partial charge >= 0.3 is 0 Å². The molecule has 0 aliphatic carbocycles. The average molecular weight is 329 g/mol. The van der Waals surface area contributed by atoms with E-state index >= 15 is 0 Å². The van der Waals surface area contributed by atoms with Crippen LogP contribution in [0.25, 0.3) is 0 Å². The van der Waals surface area contributed by atoms with E-state index in [0.29, 0.717) is 0 Å². The molecule has 0 aromatic carbocycles. The predicted molar refractivity (Wildman–Crippen MR) is 43.7 cm³/mol. The maximum atomic E-state index is 8.85. The Labute approximate surface area is 77.5 Å². The van der Waals surface area contributed by atoms with Crippen molar-refractivity contribution in [2.45, 2.75) is 14.5 Å². The van der Waals surface area contributed by atoms with Crippen LogP contribution in [-0.4, -0.2) is 29.9 Å². The predicted octanol–water partition coefficient (Wildman–Crippen LogP) is 0.496. The quantitative estimate of drug-likeness (QED) is 0.647. The van der Waals surface area contributed by atoms with Crippen molar-refractivity contribution in [2.24, 2.45) is 0 Å². The summed E-state index contributed by atoms with van der Waals surface area (Å²) in [5.41, 5.74) is 0. The molecule has 6 heteroatoms. The third kappa shape index (κ3) is 3.90. The highest BCUT2D eigenvalue weighted by Gasteiger charge is 2.33. The van der Waals surface area contributed by atoms with Crippen molar-refractivity contribution < 1.29 is 15.3 Å². The van der Waals surface area contributed by atoms with Gasteiger partial charge in [0.2, 0.25) is 3.42 Å². The van der Waals surface area contributed by atoms with Crippen molar-refractivity contribution in [3.05, 3.63) is 0 Å². The smallest absolute Gasteiger partial charge is 0.204 e. The van der Waals surface area contributed by atoms with Gasteiger partial charge in [0.1, 0.15) is 11.1 Å². The van der Waals surface area contributed by atoms with E-state index in [1.54, 1.807) is 0 Å². The third-order valence-corrected chi connectivity index (χ3v) is 2.06. The summed E-state index contributed by atoms with van der Waals surface area (Å²) in [5.74, 6) is 0. The molecule has 0 bridgehead atoms. The van der Waals surface area contributed by atoms with Gasteiger partial charge in [-0.15, -0.1) is 0 Å². The van der Waals surface area contributed by atoms with E-state index in [2.05, 4.69) is 47.8 Å². The van der Waals surface area contributed by atoms with E-state index in [0.717, 1.165) is 0 Å². The first-order valence-corrected chi connectivity index (χ1v) is 4.46. The van der Waals surface area contributed by atoms with Crippen molar-refractivity contribution in [3.63, 3.8) is 0 Å².